The number of aryl methyl sites for hydroxylation is 3. The molecule has 1 unspecified atom stereocenters. The molecule has 3 nitrogen and oxygen atoms in total. The summed E-state index contributed by atoms with van der Waals surface area (Å²) in [6.07, 6.45) is 6.74. The number of fused-ring (bicyclic) bond motifs is 1. The molecule has 1 aliphatic carbocycles. The van der Waals surface area contributed by atoms with Crippen LogP contribution in [0.15, 0.2) is 12.1 Å². The van der Waals surface area contributed by atoms with E-state index in [1.54, 1.807) is 0 Å². The van der Waals surface area contributed by atoms with Gasteiger partial charge in [0.05, 0.1) is 18.5 Å². The van der Waals surface area contributed by atoms with E-state index in [9.17, 15) is 5.11 Å². The highest BCUT2D eigenvalue weighted by molar-refractivity contribution is 5.86. The highest BCUT2D eigenvalue weighted by Crippen LogP contribution is 2.30. The Morgan fingerprint density at radius 2 is 1.83 bits per heavy atom. The number of rotatable bonds is 3. The summed E-state index contributed by atoms with van der Waals surface area (Å²) >= 11 is 0. The summed E-state index contributed by atoms with van der Waals surface area (Å²) in [4.78, 5) is 5.07. The molecule has 0 bridgehead atoms. The Labute approximate surface area is 139 Å². The maximum absolute atomic E-state index is 10.9. The second-order valence-electron chi connectivity index (χ2n) is 7.37. The fraction of sp³-hybridized carbons (Fsp3) is 0.550. The Morgan fingerprint density at radius 3 is 2.52 bits per heavy atom. The summed E-state index contributed by atoms with van der Waals surface area (Å²) in [7, 11) is 2.28. The average Bonchev–Trinajstić information content (AvgIpc) is 2.56. The van der Waals surface area contributed by atoms with Gasteiger partial charge in [0.15, 0.2) is 5.69 Å². The van der Waals surface area contributed by atoms with Crippen LogP contribution in [0.25, 0.3) is 10.9 Å². The number of pyridine rings is 1. The average molecular weight is 314 g/mol. The van der Waals surface area contributed by atoms with Crippen molar-refractivity contribution in [3.05, 3.63) is 34.5 Å². The van der Waals surface area contributed by atoms with Gasteiger partial charge in [-0.15, -0.1) is 0 Å². The van der Waals surface area contributed by atoms with E-state index in [-0.39, 0.29) is 0 Å². The molecule has 3 rings (SSSR count). The number of aromatic nitrogens is 1. The SMILES string of the molecule is Cc1ccc2c(O)c(C[NH+](C)C3CCCCC3)c(C)[nH+]c2c1C. The van der Waals surface area contributed by atoms with Crippen molar-refractivity contribution < 1.29 is 15.0 Å². The van der Waals surface area contributed by atoms with Crippen LogP contribution in [0.5, 0.6) is 5.75 Å². The van der Waals surface area contributed by atoms with Gasteiger partial charge in [-0.05, 0) is 51.2 Å². The van der Waals surface area contributed by atoms with Gasteiger partial charge < -0.3 is 10.0 Å². The maximum Gasteiger partial charge on any atom is 0.217 e. The lowest BCUT2D eigenvalue weighted by atomic mass is 9.94. The number of nitrogens with one attached hydrogen (secondary N) is 2. The smallest absolute Gasteiger partial charge is 0.217 e. The van der Waals surface area contributed by atoms with Gasteiger partial charge in [0.1, 0.15) is 17.9 Å². The monoisotopic (exact) mass is 314 g/mol. The van der Waals surface area contributed by atoms with Crippen molar-refractivity contribution in [1.29, 1.82) is 0 Å². The standard InChI is InChI=1S/C20H28N2O/c1-13-10-11-17-19(14(13)2)21-15(3)18(20(17)23)12-22(4)16-8-6-5-7-9-16/h10-11,16H,5-9,12H2,1-4H3,(H,21,23)/p+2. The lowest BCUT2D eigenvalue weighted by Crippen LogP contribution is -3.11. The minimum atomic E-state index is 0.467. The quantitative estimate of drug-likeness (QED) is 0.898. The van der Waals surface area contributed by atoms with Crippen molar-refractivity contribution in [3.63, 3.8) is 0 Å². The molecule has 124 valence electrons. The summed E-state index contributed by atoms with van der Waals surface area (Å²) in [5, 5.41) is 11.8. The third-order valence-electron chi connectivity index (χ3n) is 5.80. The molecule has 1 aromatic carbocycles. The number of quaternary nitrogens is 1. The maximum atomic E-state index is 10.9. The Morgan fingerprint density at radius 1 is 1.13 bits per heavy atom. The van der Waals surface area contributed by atoms with Gasteiger partial charge in [0, 0.05) is 12.5 Å². The molecule has 1 fully saturated rings. The molecular weight excluding hydrogens is 284 g/mol. The molecule has 0 radical (unpaired) electrons. The molecule has 0 saturated heterocycles. The highest BCUT2D eigenvalue weighted by atomic mass is 16.3. The molecule has 0 aliphatic heterocycles. The molecule has 1 saturated carbocycles. The van der Waals surface area contributed by atoms with Crippen molar-refractivity contribution in [2.24, 2.45) is 0 Å². The fourth-order valence-corrected chi connectivity index (χ4v) is 4.01. The predicted octanol–water partition coefficient (Wildman–Crippen LogP) is 2.63. The highest BCUT2D eigenvalue weighted by Gasteiger charge is 2.26. The van der Waals surface area contributed by atoms with Crippen LogP contribution in [0.4, 0.5) is 0 Å². The van der Waals surface area contributed by atoms with E-state index in [2.05, 4.69) is 38.9 Å². The molecule has 2 aromatic rings. The van der Waals surface area contributed by atoms with Gasteiger partial charge >= 0.3 is 0 Å². The molecule has 23 heavy (non-hydrogen) atoms. The number of H-pyrrole nitrogens is 1. The number of hydrogen-bond donors (Lipinski definition) is 2. The first kappa shape index (κ1) is 16.3. The van der Waals surface area contributed by atoms with Crippen LogP contribution in [0.3, 0.4) is 0 Å². The van der Waals surface area contributed by atoms with Gasteiger partial charge in [-0.3, -0.25) is 0 Å². The van der Waals surface area contributed by atoms with E-state index in [0.29, 0.717) is 5.75 Å². The Kier molecular flexibility index (Phi) is 4.58. The first-order chi connectivity index (χ1) is 11.0. The molecule has 0 amide bonds. The van der Waals surface area contributed by atoms with E-state index < -0.39 is 0 Å². The molecule has 3 heteroatoms. The van der Waals surface area contributed by atoms with Crippen molar-refractivity contribution in [3.8, 4) is 5.75 Å². The lowest BCUT2D eigenvalue weighted by Gasteiger charge is -2.28. The number of aromatic amines is 1. The summed E-state index contributed by atoms with van der Waals surface area (Å²) in [5.41, 5.74) is 5.72. The van der Waals surface area contributed by atoms with Crippen LogP contribution in [0, 0.1) is 20.8 Å². The Balaban J connectivity index is 1.96. The molecule has 1 atom stereocenters. The van der Waals surface area contributed by atoms with E-state index in [0.717, 1.165) is 34.7 Å². The van der Waals surface area contributed by atoms with Crippen LogP contribution < -0.4 is 9.88 Å². The lowest BCUT2D eigenvalue weighted by molar-refractivity contribution is -0.921. The topological polar surface area (TPSA) is 38.8 Å². The van der Waals surface area contributed by atoms with Gasteiger partial charge in [-0.2, -0.15) is 0 Å². The second kappa shape index (κ2) is 6.48. The van der Waals surface area contributed by atoms with Crippen molar-refractivity contribution in [2.45, 2.75) is 65.5 Å². The molecule has 1 aliphatic rings. The summed E-state index contributed by atoms with van der Waals surface area (Å²) in [6.45, 7) is 7.21. The van der Waals surface area contributed by atoms with Gasteiger partial charge in [-0.1, -0.05) is 12.5 Å². The first-order valence-electron chi connectivity index (χ1n) is 8.95. The van der Waals surface area contributed by atoms with E-state index in [1.807, 2.05) is 6.07 Å². The van der Waals surface area contributed by atoms with Crippen LogP contribution in [0.2, 0.25) is 0 Å². The normalized spacial score (nSPS) is 17.6. The Hall–Kier alpha value is -1.61. The molecule has 0 spiro atoms. The Bertz CT molecular complexity index is 717. The second-order valence-corrected chi connectivity index (χ2v) is 7.37. The van der Waals surface area contributed by atoms with Crippen molar-refractivity contribution in [2.75, 3.05) is 7.05 Å². The van der Waals surface area contributed by atoms with Crippen LogP contribution in [-0.4, -0.2) is 18.2 Å². The number of hydrogen-bond acceptors (Lipinski definition) is 1. The third-order valence-corrected chi connectivity index (χ3v) is 5.80. The molecule has 1 aromatic heterocycles. The fourth-order valence-electron chi connectivity index (χ4n) is 4.01. The largest absolute Gasteiger partial charge is 0.506 e. The summed E-state index contributed by atoms with van der Waals surface area (Å²) in [6, 6.07) is 4.88. The number of benzene rings is 1. The minimum absolute atomic E-state index is 0.467. The van der Waals surface area contributed by atoms with Crippen LogP contribution in [0.1, 0.15) is 54.5 Å². The molecule has 3 N–H and O–H groups in total. The summed E-state index contributed by atoms with van der Waals surface area (Å²) in [5.74, 6) is 0.467. The van der Waals surface area contributed by atoms with Crippen molar-refractivity contribution in [1.82, 2.24) is 0 Å². The van der Waals surface area contributed by atoms with Crippen molar-refractivity contribution >= 4 is 10.9 Å². The van der Waals surface area contributed by atoms with E-state index >= 15 is 0 Å². The number of aromatic hydroxyl groups is 1. The zero-order chi connectivity index (χ0) is 16.6. The van der Waals surface area contributed by atoms with Gasteiger partial charge in [0.25, 0.3) is 0 Å². The molecular formula is C20H30N2O+2. The third kappa shape index (κ3) is 3.07. The van der Waals surface area contributed by atoms with E-state index in [4.69, 9.17) is 0 Å². The van der Waals surface area contributed by atoms with Crippen LogP contribution >= 0.6 is 0 Å². The minimum Gasteiger partial charge on any atom is -0.506 e. The van der Waals surface area contributed by atoms with Crippen LogP contribution in [-0.2, 0) is 6.54 Å². The summed E-state index contributed by atoms with van der Waals surface area (Å²) < 4.78 is 0. The predicted molar refractivity (Wildman–Crippen MR) is 93.8 cm³/mol. The zero-order valence-electron chi connectivity index (χ0n) is 14.9. The zero-order valence-corrected chi connectivity index (χ0v) is 14.9. The van der Waals surface area contributed by atoms with E-state index in [1.165, 1.54) is 48.1 Å². The van der Waals surface area contributed by atoms with Gasteiger partial charge in [-0.25, -0.2) is 4.98 Å². The van der Waals surface area contributed by atoms with Gasteiger partial charge in [0.2, 0.25) is 5.52 Å². The first-order valence-corrected chi connectivity index (χ1v) is 8.95. The molecule has 1 heterocycles.